The molecule has 6 heterocycles. The summed E-state index contributed by atoms with van der Waals surface area (Å²) in [6, 6.07) is 16.4. The number of benzene rings is 6. The zero-order valence-electron chi connectivity index (χ0n) is 49.0. The highest BCUT2D eigenvalue weighted by Gasteiger charge is 2.33. The fourth-order valence-electron chi connectivity index (χ4n) is 11.8. The van der Waals surface area contributed by atoms with E-state index in [0.29, 0.717) is 72.9 Å². The molecule has 0 aliphatic carbocycles. The number of carbonyl (C=O) groups is 2. The fraction of sp³-hybridized carbons (Fsp3) is 0.262. The van der Waals surface area contributed by atoms with Crippen LogP contribution in [0, 0.1) is 34.9 Å². The van der Waals surface area contributed by atoms with Crippen molar-refractivity contribution in [3.8, 4) is 50.6 Å². The molecule has 0 unspecified atom stereocenters. The quantitative estimate of drug-likeness (QED) is 0.103. The van der Waals surface area contributed by atoms with Crippen LogP contribution in [0.25, 0.3) is 66.1 Å². The third kappa shape index (κ3) is 12.3. The number of piperidine rings is 1. The largest absolute Gasteiger partial charge is 0.507 e. The number of halogens is 9. The third-order valence-corrected chi connectivity index (χ3v) is 17.1. The third-order valence-electron chi connectivity index (χ3n) is 16.2. The van der Waals surface area contributed by atoms with E-state index < -0.39 is 40.7 Å². The second-order valence-corrected chi connectivity index (χ2v) is 22.8. The lowest BCUT2D eigenvalue weighted by Crippen LogP contribution is -2.53. The van der Waals surface area contributed by atoms with Gasteiger partial charge in [0.15, 0.2) is 17.5 Å². The first kappa shape index (κ1) is 64.0. The number of hydrogen-bond donors (Lipinski definition) is 2. The van der Waals surface area contributed by atoms with Crippen LogP contribution in [0.5, 0.6) is 17.2 Å². The molecule has 2 amide bonds. The van der Waals surface area contributed by atoms with Crippen LogP contribution in [0.3, 0.4) is 0 Å². The molecule has 0 spiro atoms. The number of carbonyl (C=O) groups excluding carboxylic acids is 2. The summed E-state index contributed by atoms with van der Waals surface area (Å²) in [5.74, 6) is -3.93. The Balaban J connectivity index is 0.000000149. The van der Waals surface area contributed by atoms with E-state index in [1.807, 2.05) is 23.6 Å². The Labute approximate surface area is 528 Å². The van der Waals surface area contributed by atoms with Gasteiger partial charge in [0.25, 0.3) is 0 Å². The van der Waals surface area contributed by atoms with Crippen molar-refractivity contribution in [3.63, 3.8) is 0 Å². The standard InChI is InChI=1S/C23H21ClF2N4O2.C22H19ClF2N4O2.C20H18ClF2N3O/c1-4-18(31)29-8-9-30(13(2)11-29)23-14-10-15(24)19(21(26)22(14)27-12-28-23)20-16(25)6-5-7-17(20)32-3;1-3-17(31)28-7-8-29(12(2)10-28)22-13-9-14(23)18(20(25)21(13)26-11-27-22)19-15(24)5-4-6-16(19)30;1-11-5-2-3-8-26(11)20-12-9-13(21)16(18(23)19(12)24-10-25-20)17-14(22)6-4-7-15(17)27/h4-7,10,12-13H,1,8-9,11H2,2-3H3;3-6,9,11-12,30H,1,7-8,10H2,2H3;4,6-7,9-11,27H,2-3,5,8H2,1H3/t13-;12-;11-/m111/s1. The first-order valence-corrected chi connectivity index (χ1v) is 29.6. The minimum absolute atomic E-state index is 0.00103. The fourth-order valence-corrected chi connectivity index (χ4v) is 12.6. The maximum atomic E-state index is 15.7. The maximum Gasteiger partial charge on any atom is 0.246 e. The van der Waals surface area contributed by atoms with Crippen molar-refractivity contribution in [2.45, 2.75) is 58.2 Å². The molecule has 3 aromatic heterocycles. The molecule has 16 nitrogen and oxygen atoms in total. The number of phenols is 2. The van der Waals surface area contributed by atoms with Crippen LogP contribution in [0.2, 0.25) is 15.1 Å². The molecule has 0 bridgehead atoms. The molecule has 0 radical (unpaired) electrons. The van der Waals surface area contributed by atoms with Gasteiger partial charge in [-0.3, -0.25) is 9.59 Å². The average molecular weight is 1290 g/mol. The highest BCUT2D eigenvalue weighted by atomic mass is 35.5. The molecule has 3 aliphatic heterocycles. The number of piperazine rings is 2. The summed E-state index contributed by atoms with van der Waals surface area (Å²) in [6.07, 6.45) is 9.58. The molecule has 6 aromatic carbocycles. The summed E-state index contributed by atoms with van der Waals surface area (Å²) in [4.78, 5) is 58.7. The number of methoxy groups -OCH3 is 1. The summed E-state index contributed by atoms with van der Waals surface area (Å²) in [7, 11) is 1.38. The second-order valence-electron chi connectivity index (χ2n) is 21.6. The van der Waals surface area contributed by atoms with E-state index in [1.165, 1.54) is 86.8 Å². The Kier molecular flexibility index (Phi) is 19.2. The zero-order chi connectivity index (χ0) is 64.4. The van der Waals surface area contributed by atoms with Gasteiger partial charge in [0.2, 0.25) is 11.8 Å². The van der Waals surface area contributed by atoms with Gasteiger partial charge in [-0.25, -0.2) is 56.2 Å². The highest BCUT2D eigenvalue weighted by molar-refractivity contribution is 6.35. The first-order chi connectivity index (χ1) is 43.2. The van der Waals surface area contributed by atoms with Gasteiger partial charge in [0.1, 0.15) is 87.7 Å². The molecule has 2 N–H and O–H groups in total. The van der Waals surface area contributed by atoms with Crippen LogP contribution in [0.15, 0.2) is 117 Å². The molecule has 9 aromatic rings. The predicted molar refractivity (Wildman–Crippen MR) is 337 cm³/mol. The molecule has 3 aliphatic rings. The molecule has 3 saturated heterocycles. The summed E-state index contributed by atoms with van der Waals surface area (Å²) in [5, 5.41) is 21.3. The predicted octanol–water partition coefficient (Wildman–Crippen LogP) is 13.9. The van der Waals surface area contributed by atoms with Gasteiger partial charge in [0.05, 0.1) is 38.9 Å². The van der Waals surface area contributed by atoms with E-state index in [9.17, 15) is 33.0 Å². The van der Waals surface area contributed by atoms with Crippen LogP contribution in [-0.2, 0) is 9.59 Å². The Morgan fingerprint density at radius 1 is 0.511 bits per heavy atom. The molecule has 466 valence electrons. The summed E-state index contributed by atoms with van der Waals surface area (Å²) in [6.45, 7) is 16.7. The van der Waals surface area contributed by atoms with Crippen molar-refractivity contribution in [1.82, 2.24) is 39.7 Å². The second kappa shape index (κ2) is 27.0. The van der Waals surface area contributed by atoms with E-state index in [-0.39, 0.29) is 106 Å². The number of aromatic hydroxyl groups is 2. The summed E-state index contributed by atoms with van der Waals surface area (Å²) >= 11 is 19.2. The minimum atomic E-state index is -0.848. The molecular formula is C65H58Cl3F6N11O5. The number of fused-ring (bicyclic) bond motifs is 3. The Hall–Kier alpha value is -8.99. The lowest BCUT2D eigenvalue weighted by Gasteiger charge is -2.40. The number of aromatic nitrogens is 6. The van der Waals surface area contributed by atoms with Gasteiger partial charge < -0.3 is 39.4 Å². The van der Waals surface area contributed by atoms with E-state index >= 15 is 13.2 Å². The average Bonchev–Trinajstić information content (AvgIpc) is 0.785. The number of phenolic OH excluding ortho intramolecular Hbond substituents is 2. The number of amides is 2. The van der Waals surface area contributed by atoms with Crippen molar-refractivity contribution in [3.05, 3.63) is 167 Å². The molecular weight excluding hydrogens is 1240 g/mol. The Bertz CT molecular complexity index is 4270. The number of ether oxygens (including phenoxy) is 1. The molecule has 25 heteroatoms. The normalized spacial score (nSPS) is 16.8. The van der Waals surface area contributed by atoms with Gasteiger partial charge in [0, 0.05) is 96.8 Å². The van der Waals surface area contributed by atoms with Gasteiger partial charge in [-0.2, -0.15) is 0 Å². The van der Waals surface area contributed by atoms with Crippen molar-refractivity contribution in [2.75, 3.05) is 67.6 Å². The minimum Gasteiger partial charge on any atom is -0.507 e. The van der Waals surface area contributed by atoms with Crippen molar-refractivity contribution in [2.24, 2.45) is 0 Å². The van der Waals surface area contributed by atoms with Crippen molar-refractivity contribution in [1.29, 1.82) is 0 Å². The van der Waals surface area contributed by atoms with Crippen LogP contribution in [-0.4, -0.2) is 133 Å². The Morgan fingerprint density at radius 2 is 0.878 bits per heavy atom. The maximum absolute atomic E-state index is 15.7. The lowest BCUT2D eigenvalue weighted by molar-refractivity contribution is -0.127. The van der Waals surface area contributed by atoms with E-state index in [1.54, 1.807) is 21.9 Å². The number of anilines is 3. The molecule has 3 atom stereocenters. The molecule has 90 heavy (non-hydrogen) atoms. The summed E-state index contributed by atoms with van der Waals surface area (Å²) in [5.41, 5.74) is -1.19. The topological polar surface area (TPSA) is 177 Å². The monoisotopic (exact) mass is 1290 g/mol. The SMILES string of the molecule is C=CC(=O)N1CCN(c2ncnc3c(F)c(-c4c(F)cccc4OC)c(Cl)cc23)[C@H](C)C1.C=CC(=O)N1CCN(c2ncnc3c(F)c(-c4c(O)cccc4F)c(Cl)cc23)[C@H](C)C1.C[C@@H]1CCCCN1c1ncnc2c(F)c(-c3c(O)cccc3F)c(Cl)cc12. The van der Waals surface area contributed by atoms with Gasteiger partial charge in [-0.1, -0.05) is 66.2 Å². The van der Waals surface area contributed by atoms with E-state index in [0.717, 1.165) is 37.9 Å². The highest BCUT2D eigenvalue weighted by Crippen LogP contribution is 2.46. The number of hydrogen-bond acceptors (Lipinski definition) is 14. The number of nitrogens with zero attached hydrogens (tertiary/aromatic N) is 11. The summed E-state index contributed by atoms with van der Waals surface area (Å²) < 4.78 is 95.1. The van der Waals surface area contributed by atoms with Crippen LogP contribution < -0.4 is 19.4 Å². The Morgan fingerprint density at radius 3 is 1.23 bits per heavy atom. The zero-order valence-corrected chi connectivity index (χ0v) is 51.2. The molecule has 0 saturated carbocycles. The van der Waals surface area contributed by atoms with Gasteiger partial charge in [-0.15, -0.1) is 0 Å². The van der Waals surface area contributed by atoms with Crippen LogP contribution in [0.1, 0.15) is 40.0 Å². The van der Waals surface area contributed by atoms with Crippen LogP contribution in [0.4, 0.5) is 43.8 Å². The van der Waals surface area contributed by atoms with Crippen molar-refractivity contribution < 1.29 is 50.9 Å². The van der Waals surface area contributed by atoms with Gasteiger partial charge >= 0.3 is 0 Å². The molecule has 3 fully saturated rings. The van der Waals surface area contributed by atoms with Crippen LogP contribution >= 0.6 is 34.8 Å². The lowest BCUT2D eigenvalue weighted by atomic mass is 9.99. The van der Waals surface area contributed by atoms with E-state index in [4.69, 9.17) is 39.5 Å². The van der Waals surface area contributed by atoms with Gasteiger partial charge in [-0.05, 0) is 107 Å². The number of rotatable bonds is 9. The smallest absolute Gasteiger partial charge is 0.246 e. The molecule has 12 rings (SSSR count). The van der Waals surface area contributed by atoms with E-state index in [2.05, 4.69) is 54.9 Å². The van der Waals surface area contributed by atoms with Crippen molar-refractivity contribution >= 4 is 96.8 Å². The first-order valence-electron chi connectivity index (χ1n) is 28.5.